The maximum Gasteiger partial charge on any atom is 0.342 e. The lowest BCUT2D eigenvalue weighted by Crippen LogP contribution is -2.06. The van der Waals surface area contributed by atoms with Gasteiger partial charge in [0.1, 0.15) is 12.7 Å². The number of nitro groups is 1. The Hall–Kier alpha value is -1.73. The first-order valence-corrected chi connectivity index (χ1v) is 7.19. The molecule has 0 aliphatic carbocycles. The Morgan fingerprint density at radius 1 is 1.55 bits per heavy atom. The van der Waals surface area contributed by atoms with Crippen LogP contribution >= 0.6 is 23.4 Å². The Morgan fingerprint density at radius 3 is 3.00 bits per heavy atom. The van der Waals surface area contributed by atoms with Crippen molar-refractivity contribution >= 4 is 34.9 Å². The van der Waals surface area contributed by atoms with Crippen LogP contribution in [0, 0.1) is 17.0 Å². The number of halogens is 1. The average molecular weight is 313 g/mol. The largest absolute Gasteiger partial charge is 0.399 e. The van der Waals surface area contributed by atoms with Crippen molar-refractivity contribution in [3.05, 3.63) is 45.4 Å². The van der Waals surface area contributed by atoms with Gasteiger partial charge in [-0.15, -0.1) is 11.8 Å². The van der Waals surface area contributed by atoms with E-state index in [9.17, 15) is 10.1 Å². The van der Waals surface area contributed by atoms with Crippen LogP contribution in [0.4, 0.5) is 11.5 Å². The highest BCUT2D eigenvalue weighted by molar-refractivity contribution is 7.99. The summed E-state index contributed by atoms with van der Waals surface area (Å²) < 4.78 is 1.58. The van der Waals surface area contributed by atoms with E-state index in [1.54, 1.807) is 29.7 Å². The molecule has 8 heteroatoms. The van der Waals surface area contributed by atoms with Gasteiger partial charge in [0, 0.05) is 23.3 Å². The number of rotatable bonds is 5. The first-order valence-electron chi connectivity index (χ1n) is 5.83. The predicted octanol–water partition coefficient (Wildman–Crippen LogP) is 3.13. The molecule has 0 radical (unpaired) electrons. The standard InChI is InChI=1S/C12H13ClN4O2S/c1-8-15-7-12(17(18)19)16(8)4-5-20-11-6-9(14)2-3-10(11)13/h2-3,6-7H,4-5,14H2,1H3. The summed E-state index contributed by atoms with van der Waals surface area (Å²) in [5, 5.41) is 11.5. The lowest BCUT2D eigenvalue weighted by atomic mass is 10.3. The van der Waals surface area contributed by atoms with Crippen molar-refractivity contribution in [2.75, 3.05) is 11.5 Å². The van der Waals surface area contributed by atoms with Gasteiger partial charge in [0.25, 0.3) is 0 Å². The van der Waals surface area contributed by atoms with E-state index in [0.717, 1.165) is 4.90 Å². The van der Waals surface area contributed by atoms with Gasteiger partial charge in [-0.3, -0.25) is 0 Å². The number of anilines is 1. The molecular weight excluding hydrogens is 300 g/mol. The van der Waals surface area contributed by atoms with Gasteiger partial charge in [-0.25, -0.2) is 9.55 Å². The Kier molecular flexibility index (Phi) is 4.51. The van der Waals surface area contributed by atoms with Crippen LogP contribution in [0.3, 0.4) is 0 Å². The molecule has 2 rings (SSSR count). The third-order valence-electron chi connectivity index (χ3n) is 2.75. The van der Waals surface area contributed by atoms with Crippen LogP contribution in [0.2, 0.25) is 5.02 Å². The lowest BCUT2D eigenvalue weighted by molar-refractivity contribution is -0.392. The second-order valence-corrected chi connectivity index (χ2v) is 5.65. The van der Waals surface area contributed by atoms with Crippen LogP contribution < -0.4 is 5.73 Å². The fourth-order valence-corrected chi connectivity index (χ4v) is 2.96. The summed E-state index contributed by atoms with van der Waals surface area (Å²) in [6.45, 7) is 2.23. The molecule has 0 saturated heterocycles. The molecule has 0 fully saturated rings. The molecule has 20 heavy (non-hydrogen) atoms. The van der Waals surface area contributed by atoms with Gasteiger partial charge in [0.15, 0.2) is 5.82 Å². The fraction of sp³-hybridized carbons (Fsp3) is 0.250. The first kappa shape index (κ1) is 14.7. The Labute approximate surface area is 125 Å². The molecule has 1 aromatic heterocycles. The molecule has 0 aliphatic rings. The van der Waals surface area contributed by atoms with E-state index < -0.39 is 4.92 Å². The highest BCUT2D eigenvalue weighted by atomic mass is 35.5. The van der Waals surface area contributed by atoms with E-state index >= 15 is 0 Å². The highest BCUT2D eigenvalue weighted by Gasteiger charge is 2.16. The maximum absolute atomic E-state index is 10.9. The van der Waals surface area contributed by atoms with Crippen molar-refractivity contribution in [3.8, 4) is 0 Å². The highest BCUT2D eigenvalue weighted by Crippen LogP contribution is 2.29. The second kappa shape index (κ2) is 6.15. The van der Waals surface area contributed by atoms with Gasteiger partial charge < -0.3 is 15.8 Å². The molecule has 0 spiro atoms. The van der Waals surface area contributed by atoms with Crippen LogP contribution in [0.5, 0.6) is 0 Å². The zero-order valence-electron chi connectivity index (χ0n) is 10.7. The zero-order valence-corrected chi connectivity index (χ0v) is 12.3. The number of imidazole rings is 1. The van der Waals surface area contributed by atoms with E-state index in [2.05, 4.69) is 4.98 Å². The van der Waals surface area contributed by atoms with Gasteiger partial charge >= 0.3 is 5.82 Å². The van der Waals surface area contributed by atoms with Gasteiger partial charge in [0.2, 0.25) is 0 Å². The topological polar surface area (TPSA) is 87.0 Å². The molecule has 0 aliphatic heterocycles. The molecule has 1 heterocycles. The molecular formula is C12H13ClN4O2S. The minimum atomic E-state index is -0.432. The van der Waals surface area contributed by atoms with E-state index in [1.165, 1.54) is 18.0 Å². The summed E-state index contributed by atoms with van der Waals surface area (Å²) in [7, 11) is 0. The summed E-state index contributed by atoms with van der Waals surface area (Å²) >= 11 is 7.57. The number of aryl methyl sites for hydroxylation is 1. The fourth-order valence-electron chi connectivity index (χ4n) is 1.76. The molecule has 6 nitrogen and oxygen atoms in total. The number of nitrogens with two attached hydrogens (primary N) is 1. The van der Waals surface area contributed by atoms with E-state index in [-0.39, 0.29) is 5.82 Å². The van der Waals surface area contributed by atoms with Crippen LogP contribution in [-0.4, -0.2) is 20.2 Å². The smallest absolute Gasteiger partial charge is 0.342 e. The maximum atomic E-state index is 10.9. The second-order valence-electron chi connectivity index (χ2n) is 4.11. The SMILES string of the molecule is Cc1ncc([N+](=O)[O-])n1CCSc1cc(N)ccc1Cl. The third kappa shape index (κ3) is 3.23. The number of nitrogens with zero attached hydrogens (tertiary/aromatic N) is 3. The normalized spacial score (nSPS) is 10.7. The number of hydrogen-bond acceptors (Lipinski definition) is 5. The minimum Gasteiger partial charge on any atom is -0.399 e. The van der Waals surface area contributed by atoms with Gasteiger partial charge in [-0.1, -0.05) is 11.6 Å². The van der Waals surface area contributed by atoms with Crippen molar-refractivity contribution in [2.45, 2.75) is 18.4 Å². The summed E-state index contributed by atoms with van der Waals surface area (Å²) in [5.74, 6) is 1.26. The van der Waals surface area contributed by atoms with Crippen LogP contribution in [0.15, 0.2) is 29.3 Å². The number of thioether (sulfide) groups is 1. The summed E-state index contributed by atoms with van der Waals surface area (Å²) in [5.41, 5.74) is 6.35. The van der Waals surface area contributed by atoms with Crippen LogP contribution in [-0.2, 0) is 6.54 Å². The number of aromatic nitrogens is 2. The summed E-state index contributed by atoms with van der Waals surface area (Å²) in [6.07, 6.45) is 1.27. The van der Waals surface area contributed by atoms with Crippen molar-refractivity contribution in [2.24, 2.45) is 0 Å². The van der Waals surface area contributed by atoms with E-state index in [0.29, 0.717) is 28.8 Å². The van der Waals surface area contributed by atoms with Crippen molar-refractivity contribution < 1.29 is 4.92 Å². The third-order valence-corrected chi connectivity index (χ3v) is 4.23. The summed E-state index contributed by atoms with van der Waals surface area (Å²) in [6, 6.07) is 5.27. The van der Waals surface area contributed by atoms with E-state index in [1.807, 2.05) is 0 Å². The number of hydrogen-bond donors (Lipinski definition) is 1. The minimum absolute atomic E-state index is 0.00164. The lowest BCUT2D eigenvalue weighted by Gasteiger charge is -2.06. The molecule has 2 N–H and O–H groups in total. The average Bonchev–Trinajstić information content (AvgIpc) is 2.75. The van der Waals surface area contributed by atoms with Crippen molar-refractivity contribution in [1.29, 1.82) is 0 Å². The zero-order chi connectivity index (χ0) is 14.7. The molecule has 0 saturated carbocycles. The van der Waals surface area contributed by atoms with Crippen molar-refractivity contribution in [1.82, 2.24) is 9.55 Å². The van der Waals surface area contributed by atoms with Gasteiger partial charge in [-0.2, -0.15) is 0 Å². The monoisotopic (exact) mass is 312 g/mol. The van der Waals surface area contributed by atoms with Gasteiger partial charge in [0.05, 0.1) is 5.02 Å². The van der Waals surface area contributed by atoms with Gasteiger partial charge in [-0.05, 0) is 23.1 Å². The molecule has 2 aromatic rings. The molecule has 0 atom stereocenters. The van der Waals surface area contributed by atoms with Crippen LogP contribution in [0.1, 0.15) is 5.82 Å². The Bertz CT molecular complexity index is 644. The first-order chi connectivity index (χ1) is 9.49. The van der Waals surface area contributed by atoms with E-state index in [4.69, 9.17) is 17.3 Å². The Balaban J connectivity index is 2.05. The number of nitrogen functional groups attached to an aromatic ring is 1. The molecule has 106 valence electrons. The van der Waals surface area contributed by atoms with Crippen LogP contribution in [0.25, 0.3) is 0 Å². The quantitative estimate of drug-likeness (QED) is 0.396. The predicted molar refractivity (Wildman–Crippen MR) is 80.2 cm³/mol. The molecule has 0 amide bonds. The summed E-state index contributed by atoms with van der Waals surface area (Å²) in [4.78, 5) is 15.3. The molecule has 0 unspecified atom stereocenters. The number of benzene rings is 1. The Morgan fingerprint density at radius 2 is 2.30 bits per heavy atom. The molecule has 1 aromatic carbocycles. The van der Waals surface area contributed by atoms with Crippen molar-refractivity contribution in [3.63, 3.8) is 0 Å². The molecule has 0 bridgehead atoms.